The topological polar surface area (TPSA) is 75.7 Å². The highest BCUT2D eigenvalue weighted by Gasteiger charge is 2.32. The van der Waals surface area contributed by atoms with Gasteiger partial charge in [0.25, 0.3) is 10.0 Å². The summed E-state index contributed by atoms with van der Waals surface area (Å²) in [6, 6.07) is 11.1. The molecule has 146 valence electrons. The second-order valence-corrected chi connectivity index (χ2v) is 9.68. The van der Waals surface area contributed by atoms with E-state index in [0.29, 0.717) is 43.3 Å². The number of carbonyl (C=O) groups excluding carboxylic acids is 1. The Morgan fingerprint density at radius 3 is 2.70 bits per heavy atom. The van der Waals surface area contributed by atoms with Crippen molar-refractivity contribution >= 4 is 27.3 Å². The maximum absolute atomic E-state index is 12.5. The Balaban J connectivity index is 1.41. The molecule has 1 aliphatic rings. The van der Waals surface area contributed by atoms with E-state index < -0.39 is 10.0 Å². The standard InChI is InChI=1S/C19H24N2O4S2/c1-15-4-2-5-17(14-15)25-12-9-20-19(22)16-7-10-21(11-8-16)27(23,24)18-6-3-13-26-18/h2-6,13-14,16H,7-12H2,1H3,(H,20,22). The van der Waals surface area contributed by atoms with Crippen LogP contribution in [-0.4, -0.2) is 44.9 Å². The lowest BCUT2D eigenvalue weighted by Crippen LogP contribution is -2.43. The highest BCUT2D eigenvalue weighted by Crippen LogP contribution is 2.26. The highest BCUT2D eigenvalue weighted by atomic mass is 32.2. The van der Waals surface area contributed by atoms with Crippen LogP contribution in [0.15, 0.2) is 46.0 Å². The molecule has 0 radical (unpaired) electrons. The van der Waals surface area contributed by atoms with E-state index in [4.69, 9.17) is 4.74 Å². The molecule has 1 aromatic heterocycles. The Kier molecular flexibility index (Phi) is 6.51. The predicted molar refractivity (Wildman–Crippen MR) is 105 cm³/mol. The van der Waals surface area contributed by atoms with Crippen LogP contribution >= 0.6 is 11.3 Å². The summed E-state index contributed by atoms with van der Waals surface area (Å²) in [5, 5.41) is 4.64. The largest absolute Gasteiger partial charge is 0.492 e. The summed E-state index contributed by atoms with van der Waals surface area (Å²) in [4.78, 5) is 12.3. The molecular weight excluding hydrogens is 384 g/mol. The quantitative estimate of drug-likeness (QED) is 0.715. The summed E-state index contributed by atoms with van der Waals surface area (Å²) in [7, 11) is -3.42. The normalized spacial score (nSPS) is 16.2. The van der Waals surface area contributed by atoms with Crippen molar-refractivity contribution in [2.45, 2.75) is 24.0 Å². The lowest BCUT2D eigenvalue weighted by molar-refractivity contribution is -0.126. The molecule has 1 aliphatic heterocycles. The van der Waals surface area contributed by atoms with E-state index in [9.17, 15) is 13.2 Å². The molecule has 6 nitrogen and oxygen atoms in total. The minimum absolute atomic E-state index is 0.0315. The number of nitrogens with one attached hydrogen (secondary N) is 1. The van der Waals surface area contributed by atoms with Crippen molar-refractivity contribution in [2.75, 3.05) is 26.2 Å². The maximum atomic E-state index is 12.5. The molecule has 0 spiro atoms. The fourth-order valence-corrected chi connectivity index (χ4v) is 5.70. The SMILES string of the molecule is Cc1cccc(OCCNC(=O)C2CCN(S(=O)(=O)c3cccs3)CC2)c1. The lowest BCUT2D eigenvalue weighted by atomic mass is 9.97. The first-order chi connectivity index (χ1) is 13.0. The summed E-state index contributed by atoms with van der Waals surface area (Å²) in [5.74, 6) is 0.603. The molecule has 0 aliphatic carbocycles. The number of piperidine rings is 1. The van der Waals surface area contributed by atoms with Gasteiger partial charge < -0.3 is 10.1 Å². The molecule has 1 aromatic carbocycles. The average Bonchev–Trinajstić information content (AvgIpc) is 3.21. The summed E-state index contributed by atoms with van der Waals surface area (Å²) < 4.78 is 32.5. The Bertz CT molecular complexity index is 858. The number of hydrogen-bond acceptors (Lipinski definition) is 5. The molecular formula is C19H24N2O4S2. The van der Waals surface area contributed by atoms with Crippen molar-refractivity contribution in [3.63, 3.8) is 0 Å². The molecule has 8 heteroatoms. The number of rotatable bonds is 7. The zero-order valence-corrected chi connectivity index (χ0v) is 16.9. The van der Waals surface area contributed by atoms with Crippen LogP contribution in [0, 0.1) is 12.8 Å². The van der Waals surface area contributed by atoms with Gasteiger partial charge in [-0.25, -0.2) is 8.42 Å². The Hall–Kier alpha value is -1.90. The average molecular weight is 409 g/mol. The third kappa shape index (κ3) is 5.09. The van der Waals surface area contributed by atoms with E-state index in [1.807, 2.05) is 31.2 Å². The number of nitrogens with zero attached hydrogens (tertiary/aromatic N) is 1. The molecule has 27 heavy (non-hydrogen) atoms. The molecule has 0 saturated carbocycles. The number of ether oxygens (including phenoxy) is 1. The van der Waals surface area contributed by atoms with Crippen LogP contribution in [0.4, 0.5) is 0 Å². The lowest BCUT2D eigenvalue weighted by Gasteiger charge is -2.30. The van der Waals surface area contributed by atoms with E-state index in [-0.39, 0.29) is 11.8 Å². The van der Waals surface area contributed by atoms with Gasteiger partial charge in [-0.2, -0.15) is 4.31 Å². The van der Waals surface area contributed by atoms with Gasteiger partial charge in [0, 0.05) is 19.0 Å². The summed E-state index contributed by atoms with van der Waals surface area (Å²) in [5.41, 5.74) is 1.13. The van der Waals surface area contributed by atoms with Crippen molar-refractivity contribution in [3.8, 4) is 5.75 Å². The van der Waals surface area contributed by atoms with Crippen LogP contribution in [0.25, 0.3) is 0 Å². The Morgan fingerprint density at radius 2 is 2.04 bits per heavy atom. The van der Waals surface area contributed by atoms with Crippen LogP contribution in [0.3, 0.4) is 0 Å². The highest BCUT2D eigenvalue weighted by molar-refractivity contribution is 7.91. The van der Waals surface area contributed by atoms with E-state index in [0.717, 1.165) is 11.3 Å². The molecule has 1 fully saturated rings. The molecule has 0 bridgehead atoms. The first-order valence-electron chi connectivity index (χ1n) is 8.97. The van der Waals surface area contributed by atoms with Gasteiger partial charge in [-0.1, -0.05) is 18.2 Å². The second kappa shape index (κ2) is 8.86. The molecule has 1 amide bonds. The smallest absolute Gasteiger partial charge is 0.252 e. The van der Waals surface area contributed by atoms with Gasteiger partial charge in [0.2, 0.25) is 5.91 Å². The number of thiophene rings is 1. The fraction of sp³-hybridized carbons (Fsp3) is 0.421. The van der Waals surface area contributed by atoms with Crippen molar-refractivity contribution in [1.82, 2.24) is 9.62 Å². The number of sulfonamides is 1. The fourth-order valence-electron chi connectivity index (χ4n) is 3.09. The molecule has 2 heterocycles. The van der Waals surface area contributed by atoms with Crippen LogP contribution < -0.4 is 10.1 Å². The monoisotopic (exact) mass is 408 g/mol. The molecule has 3 rings (SSSR count). The van der Waals surface area contributed by atoms with Crippen LogP contribution in [0.2, 0.25) is 0 Å². The Morgan fingerprint density at radius 1 is 1.26 bits per heavy atom. The second-order valence-electron chi connectivity index (χ2n) is 6.57. The van der Waals surface area contributed by atoms with Crippen LogP contribution in [0.1, 0.15) is 18.4 Å². The van der Waals surface area contributed by atoms with E-state index >= 15 is 0 Å². The number of hydrogen-bond donors (Lipinski definition) is 1. The molecule has 0 unspecified atom stereocenters. The van der Waals surface area contributed by atoms with Gasteiger partial charge >= 0.3 is 0 Å². The zero-order chi connectivity index (χ0) is 19.3. The summed E-state index contributed by atoms with van der Waals surface area (Å²) in [6.07, 6.45) is 1.07. The number of benzene rings is 1. The molecule has 1 N–H and O–H groups in total. The number of aryl methyl sites for hydroxylation is 1. The van der Waals surface area contributed by atoms with E-state index in [1.165, 1.54) is 15.6 Å². The third-order valence-corrected chi connectivity index (χ3v) is 7.85. The summed E-state index contributed by atoms with van der Waals surface area (Å²) >= 11 is 1.22. The van der Waals surface area contributed by atoms with Crippen molar-refractivity contribution < 1.29 is 17.9 Å². The van der Waals surface area contributed by atoms with Gasteiger partial charge in [-0.15, -0.1) is 11.3 Å². The van der Waals surface area contributed by atoms with Crippen LogP contribution in [-0.2, 0) is 14.8 Å². The molecule has 2 aromatic rings. The van der Waals surface area contributed by atoms with Crippen molar-refractivity contribution in [1.29, 1.82) is 0 Å². The first-order valence-corrected chi connectivity index (χ1v) is 11.3. The van der Waals surface area contributed by atoms with Gasteiger partial charge in [-0.3, -0.25) is 4.79 Å². The molecule has 0 atom stereocenters. The van der Waals surface area contributed by atoms with Crippen molar-refractivity contribution in [2.24, 2.45) is 5.92 Å². The van der Waals surface area contributed by atoms with Crippen molar-refractivity contribution in [3.05, 3.63) is 47.3 Å². The minimum atomic E-state index is -3.42. The number of amides is 1. The van der Waals surface area contributed by atoms with Crippen LogP contribution in [0.5, 0.6) is 5.75 Å². The van der Waals surface area contributed by atoms with E-state index in [1.54, 1.807) is 17.5 Å². The Labute approximate surface area is 164 Å². The van der Waals surface area contributed by atoms with Gasteiger partial charge in [-0.05, 0) is 48.9 Å². The third-order valence-electron chi connectivity index (χ3n) is 4.57. The van der Waals surface area contributed by atoms with Gasteiger partial charge in [0.05, 0.1) is 6.54 Å². The summed E-state index contributed by atoms with van der Waals surface area (Å²) in [6.45, 7) is 3.58. The number of carbonyl (C=O) groups is 1. The van der Waals surface area contributed by atoms with Gasteiger partial charge in [0.15, 0.2) is 0 Å². The van der Waals surface area contributed by atoms with E-state index in [2.05, 4.69) is 5.32 Å². The molecule has 1 saturated heterocycles. The predicted octanol–water partition coefficient (Wildman–Crippen LogP) is 2.65. The maximum Gasteiger partial charge on any atom is 0.252 e. The zero-order valence-electron chi connectivity index (χ0n) is 15.3. The van der Waals surface area contributed by atoms with Gasteiger partial charge in [0.1, 0.15) is 16.6 Å². The minimum Gasteiger partial charge on any atom is -0.492 e. The first kappa shape index (κ1) is 19.9.